The minimum Gasteiger partial charge on any atom is -0.489 e. The molecule has 0 spiro atoms. The van der Waals surface area contributed by atoms with E-state index >= 15 is 0 Å². The van der Waals surface area contributed by atoms with Crippen LogP contribution in [0.2, 0.25) is 0 Å². The Morgan fingerprint density at radius 2 is 1.67 bits per heavy atom. The van der Waals surface area contributed by atoms with Gasteiger partial charge in [-0.3, -0.25) is 0 Å². The summed E-state index contributed by atoms with van der Waals surface area (Å²) in [5.74, 6) is 0.980. The van der Waals surface area contributed by atoms with Crippen molar-refractivity contribution in [2.45, 2.75) is 27.4 Å². The second-order valence-corrected chi connectivity index (χ2v) is 5.87. The molecule has 0 aliphatic heterocycles. The van der Waals surface area contributed by atoms with Crippen molar-refractivity contribution in [1.29, 1.82) is 0 Å². The van der Waals surface area contributed by atoms with Gasteiger partial charge >= 0.3 is 0 Å². The monoisotopic (exact) mass is 352 g/mol. The van der Waals surface area contributed by atoms with Gasteiger partial charge in [0.15, 0.2) is 0 Å². The molecule has 0 atom stereocenters. The van der Waals surface area contributed by atoms with Gasteiger partial charge in [0, 0.05) is 3.57 Å². The predicted octanol–water partition coefficient (Wildman–Crippen LogP) is 4.80. The summed E-state index contributed by atoms with van der Waals surface area (Å²) in [4.78, 5) is 0. The van der Waals surface area contributed by atoms with Gasteiger partial charge in [-0.1, -0.05) is 18.2 Å². The van der Waals surface area contributed by atoms with Crippen LogP contribution in [0.1, 0.15) is 22.3 Å². The Morgan fingerprint density at radius 1 is 0.944 bits per heavy atom. The van der Waals surface area contributed by atoms with Crippen LogP contribution in [0.3, 0.4) is 0 Å². The Labute approximate surface area is 122 Å². The fourth-order valence-electron chi connectivity index (χ4n) is 1.81. The summed E-state index contributed by atoms with van der Waals surface area (Å²) in [6.07, 6.45) is 0. The van der Waals surface area contributed by atoms with E-state index in [9.17, 15) is 0 Å². The van der Waals surface area contributed by atoms with Gasteiger partial charge in [0.25, 0.3) is 0 Å². The fourth-order valence-corrected chi connectivity index (χ4v) is 2.37. The van der Waals surface area contributed by atoms with Gasteiger partial charge in [0.2, 0.25) is 0 Å². The van der Waals surface area contributed by atoms with E-state index < -0.39 is 0 Å². The predicted molar refractivity (Wildman–Crippen MR) is 84.1 cm³/mol. The molecule has 2 heteroatoms. The zero-order chi connectivity index (χ0) is 13.1. The third-order valence-electron chi connectivity index (χ3n) is 3.04. The lowest BCUT2D eigenvalue weighted by Gasteiger charge is -2.12. The molecular weight excluding hydrogens is 335 g/mol. The van der Waals surface area contributed by atoms with Gasteiger partial charge in [-0.15, -0.1) is 0 Å². The number of hydrogen-bond acceptors (Lipinski definition) is 1. The highest BCUT2D eigenvalue weighted by atomic mass is 127. The number of hydrogen-bond donors (Lipinski definition) is 0. The van der Waals surface area contributed by atoms with E-state index in [4.69, 9.17) is 4.74 Å². The van der Waals surface area contributed by atoms with E-state index in [2.05, 4.69) is 79.8 Å². The lowest BCUT2D eigenvalue weighted by atomic mass is 10.1. The second-order valence-electron chi connectivity index (χ2n) is 4.63. The Bertz CT molecular complexity index is 510. The maximum Gasteiger partial charge on any atom is 0.122 e. The molecule has 0 amide bonds. The highest BCUT2D eigenvalue weighted by Gasteiger charge is 2.03. The van der Waals surface area contributed by atoms with Gasteiger partial charge in [0.1, 0.15) is 12.4 Å². The third-order valence-corrected chi connectivity index (χ3v) is 3.71. The molecule has 1 nitrogen and oxygen atoms in total. The number of benzene rings is 2. The third kappa shape index (κ3) is 3.25. The minimum absolute atomic E-state index is 0.632. The molecule has 0 aromatic heterocycles. The van der Waals surface area contributed by atoms with Crippen molar-refractivity contribution in [3.05, 3.63) is 62.2 Å². The minimum atomic E-state index is 0.632. The Hall–Kier alpha value is -1.03. The van der Waals surface area contributed by atoms with Crippen LogP contribution >= 0.6 is 22.6 Å². The molecule has 0 unspecified atom stereocenters. The molecule has 94 valence electrons. The van der Waals surface area contributed by atoms with Crippen LogP contribution in [0.15, 0.2) is 36.4 Å². The molecule has 0 aliphatic carbocycles. The summed E-state index contributed by atoms with van der Waals surface area (Å²) >= 11 is 2.33. The zero-order valence-electron chi connectivity index (χ0n) is 11.0. The van der Waals surface area contributed by atoms with Crippen LogP contribution in [-0.2, 0) is 6.61 Å². The summed E-state index contributed by atoms with van der Waals surface area (Å²) in [5, 5.41) is 0. The van der Waals surface area contributed by atoms with Gasteiger partial charge in [-0.2, -0.15) is 0 Å². The van der Waals surface area contributed by atoms with Crippen LogP contribution < -0.4 is 4.74 Å². The quantitative estimate of drug-likeness (QED) is 0.722. The van der Waals surface area contributed by atoms with Crippen LogP contribution in [-0.4, -0.2) is 0 Å². The average molecular weight is 352 g/mol. The van der Waals surface area contributed by atoms with Crippen LogP contribution in [0.4, 0.5) is 0 Å². The molecule has 0 saturated carbocycles. The van der Waals surface area contributed by atoms with Gasteiger partial charge in [-0.25, -0.2) is 0 Å². The summed E-state index contributed by atoms with van der Waals surface area (Å²) < 4.78 is 7.18. The van der Waals surface area contributed by atoms with E-state index in [1.165, 1.54) is 25.8 Å². The van der Waals surface area contributed by atoms with Crippen molar-refractivity contribution in [3.8, 4) is 5.75 Å². The molecule has 0 N–H and O–H groups in total. The van der Waals surface area contributed by atoms with Crippen LogP contribution in [0.25, 0.3) is 0 Å². The smallest absolute Gasteiger partial charge is 0.122 e. The average Bonchev–Trinajstić information content (AvgIpc) is 2.34. The Balaban J connectivity index is 2.16. The summed E-state index contributed by atoms with van der Waals surface area (Å²) in [6.45, 7) is 6.92. The summed E-state index contributed by atoms with van der Waals surface area (Å²) in [7, 11) is 0. The number of ether oxygens (including phenoxy) is 1. The van der Waals surface area contributed by atoms with E-state index in [-0.39, 0.29) is 0 Å². The van der Waals surface area contributed by atoms with Gasteiger partial charge in [-0.05, 0) is 83.8 Å². The summed E-state index contributed by atoms with van der Waals surface area (Å²) in [5.41, 5.74) is 4.95. The molecule has 0 bridgehead atoms. The van der Waals surface area contributed by atoms with E-state index in [1.54, 1.807) is 0 Å². The first-order valence-electron chi connectivity index (χ1n) is 6.01. The lowest BCUT2D eigenvalue weighted by Crippen LogP contribution is -2.00. The molecule has 2 aromatic rings. The zero-order valence-corrected chi connectivity index (χ0v) is 13.1. The molecule has 0 heterocycles. The standard InChI is InChI=1S/C16H17IO/c1-11-4-5-13(3)16(8-11)18-10-14-9-15(17)7-6-12(14)2/h4-9H,10H2,1-3H3. The van der Waals surface area contributed by atoms with Crippen molar-refractivity contribution in [1.82, 2.24) is 0 Å². The molecule has 18 heavy (non-hydrogen) atoms. The van der Waals surface area contributed by atoms with Gasteiger partial charge in [0.05, 0.1) is 0 Å². The van der Waals surface area contributed by atoms with Crippen LogP contribution in [0, 0.1) is 24.3 Å². The van der Waals surface area contributed by atoms with Crippen molar-refractivity contribution < 1.29 is 4.74 Å². The number of aryl methyl sites for hydroxylation is 3. The largest absolute Gasteiger partial charge is 0.489 e. The maximum atomic E-state index is 5.94. The lowest BCUT2D eigenvalue weighted by molar-refractivity contribution is 0.303. The highest BCUT2D eigenvalue weighted by molar-refractivity contribution is 14.1. The number of rotatable bonds is 3. The first kappa shape index (κ1) is 13.4. The molecular formula is C16H17IO. The molecule has 0 radical (unpaired) electrons. The normalized spacial score (nSPS) is 10.4. The maximum absolute atomic E-state index is 5.94. The van der Waals surface area contributed by atoms with Crippen LogP contribution in [0.5, 0.6) is 5.75 Å². The number of halogens is 1. The van der Waals surface area contributed by atoms with Crippen molar-refractivity contribution in [2.75, 3.05) is 0 Å². The summed E-state index contributed by atoms with van der Waals surface area (Å²) in [6, 6.07) is 12.8. The van der Waals surface area contributed by atoms with Crippen molar-refractivity contribution in [3.63, 3.8) is 0 Å². The van der Waals surface area contributed by atoms with E-state index in [1.807, 2.05) is 0 Å². The van der Waals surface area contributed by atoms with Gasteiger partial charge < -0.3 is 4.74 Å². The van der Waals surface area contributed by atoms with E-state index in [0.29, 0.717) is 6.61 Å². The molecule has 0 fully saturated rings. The first-order valence-corrected chi connectivity index (χ1v) is 7.09. The van der Waals surface area contributed by atoms with E-state index in [0.717, 1.165) is 5.75 Å². The van der Waals surface area contributed by atoms with Crippen molar-refractivity contribution in [2.24, 2.45) is 0 Å². The molecule has 2 aromatic carbocycles. The Kier molecular flexibility index (Phi) is 4.27. The highest BCUT2D eigenvalue weighted by Crippen LogP contribution is 2.21. The molecule has 2 rings (SSSR count). The first-order chi connectivity index (χ1) is 8.56. The topological polar surface area (TPSA) is 9.23 Å². The molecule has 0 saturated heterocycles. The SMILES string of the molecule is Cc1ccc(C)c(OCc2cc(I)ccc2C)c1. The Morgan fingerprint density at radius 3 is 2.44 bits per heavy atom. The second kappa shape index (κ2) is 5.74. The van der Waals surface area contributed by atoms with Crippen molar-refractivity contribution >= 4 is 22.6 Å². The molecule has 0 aliphatic rings. The fraction of sp³-hybridized carbons (Fsp3) is 0.250.